The van der Waals surface area contributed by atoms with Gasteiger partial charge < -0.3 is 10.3 Å². The number of nitrogens with zero attached hydrogens (tertiary/aromatic N) is 2. The molecule has 1 heterocycles. The van der Waals surface area contributed by atoms with Crippen molar-refractivity contribution < 1.29 is 22.0 Å². The van der Waals surface area contributed by atoms with Crippen LogP contribution in [0.25, 0.3) is 27.7 Å². The highest BCUT2D eigenvalue weighted by Crippen LogP contribution is 2.31. The molecule has 0 radical (unpaired) electrons. The first-order chi connectivity index (χ1) is 15.6. The number of primary amides is 1. The first-order valence-electron chi connectivity index (χ1n) is 9.78. The minimum atomic E-state index is -3.75. The van der Waals surface area contributed by atoms with E-state index < -0.39 is 27.8 Å². The smallest absolute Gasteiger partial charge is 0.301 e. The lowest BCUT2D eigenvalue weighted by Gasteiger charge is -2.15. The molecule has 3 aromatic carbocycles. The van der Waals surface area contributed by atoms with Crippen molar-refractivity contribution in [2.24, 2.45) is 5.73 Å². The summed E-state index contributed by atoms with van der Waals surface area (Å²) in [6.07, 6.45) is 0. The molecular formula is C23H20F2N4O3S. The van der Waals surface area contributed by atoms with Crippen LogP contribution in [0.5, 0.6) is 0 Å². The summed E-state index contributed by atoms with van der Waals surface area (Å²) in [7, 11) is -0.953. The molecule has 1 amide bonds. The fraction of sp³-hybridized carbons (Fsp3) is 0.0870. The predicted octanol–water partition coefficient (Wildman–Crippen LogP) is 3.89. The van der Waals surface area contributed by atoms with Crippen molar-refractivity contribution in [3.05, 3.63) is 84.1 Å². The van der Waals surface area contributed by atoms with Crippen LogP contribution < -0.4 is 10.5 Å². The van der Waals surface area contributed by atoms with Gasteiger partial charge in [0, 0.05) is 36.8 Å². The molecule has 0 saturated heterocycles. The summed E-state index contributed by atoms with van der Waals surface area (Å²) in [5, 5.41) is 0.648. The molecule has 7 nitrogen and oxygen atoms in total. The van der Waals surface area contributed by atoms with Gasteiger partial charge in [-0.15, -0.1) is 0 Å². The van der Waals surface area contributed by atoms with E-state index in [1.54, 1.807) is 53.1 Å². The van der Waals surface area contributed by atoms with E-state index >= 15 is 0 Å². The molecule has 4 rings (SSSR count). The van der Waals surface area contributed by atoms with Crippen molar-refractivity contribution in [1.29, 1.82) is 0 Å². The fourth-order valence-electron chi connectivity index (χ4n) is 3.50. The molecule has 3 N–H and O–H groups in total. The Balaban J connectivity index is 1.90. The number of halogens is 2. The van der Waals surface area contributed by atoms with Gasteiger partial charge in [-0.2, -0.15) is 12.7 Å². The summed E-state index contributed by atoms with van der Waals surface area (Å²) >= 11 is 0. The van der Waals surface area contributed by atoms with Crippen molar-refractivity contribution >= 4 is 32.7 Å². The molecule has 170 valence electrons. The zero-order valence-corrected chi connectivity index (χ0v) is 18.5. The van der Waals surface area contributed by atoms with E-state index in [0.29, 0.717) is 22.2 Å². The molecule has 0 aliphatic rings. The minimum absolute atomic E-state index is 0.161. The van der Waals surface area contributed by atoms with Crippen LogP contribution in [0.1, 0.15) is 10.5 Å². The lowest BCUT2D eigenvalue weighted by Crippen LogP contribution is -2.28. The molecule has 0 saturated carbocycles. The van der Waals surface area contributed by atoms with Gasteiger partial charge in [0.25, 0.3) is 5.91 Å². The van der Waals surface area contributed by atoms with Crippen LogP contribution in [0.15, 0.2) is 66.7 Å². The Kier molecular flexibility index (Phi) is 5.64. The molecule has 33 heavy (non-hydrogen) atoms. The number of carbonyl (C=O) groups excluding carboxylic acids is 1. The van der Waals surface area contributed by atoms with Crippen molar-refractivity contribution in [3.63, 3.8) is 0 Å². The zero-order valence-electron chi connectivity index (χ0n) is 17.7. The molecule has 0 bridgehead atoms. The maximum atomic E-state index is 14.4. The third-order valence-corrected chi connectivity index (χ3v) is 6.59. The molecule has 4 aromatic rings. The van der Waals surface area contributed by atoms with E-state index in [-0.39, 0.29) is 16.9 Å². The third kappa shape index (κ3) is 4.30. The molecule has 0 atom stereocenters. The Bertz CT molecular complexity index is 1500. The second-order valence-corrected chi connectivity index (χ2v) is 9.45. The first kappa shape index (κ1) is 22.4. The average molecular weight is 471 g/mol. The van der Waals surface area contributed by atoms with Crippen LogP contribution in [-0.4, -0.2) is 37.3 Å². The minimum Gasteiger partial charge on any atom is -0.364 e. The van der Waals surface area contributed by atoms with Crippen LogP contribution >= 0.6 is 0 Å². The van der Waals surface area contributed by atoms with Gasteiger partial charge in [-0.05, 0) is 48.0 Å². The summed E-state index contributed by atoms with van der Waals surface area (Å²) in [4.78, 5) is 12.2. The Morgan fingerprint density at radius 3 is 2.42 bits per heavy atom. The lowest BCUT2D eigenvalue weighted by atomic mass is 10.0. The second-order valence-electron chi connectivity index (χ2n) is 7.57. The van der Waals surface area contributed by atoms with E-state index in [1.165, 1.54) is 20.2 Å². The van der Waals surface area contributed by atoms with Gasteiger partial charge >= 0.3 is 10.2 Å². The normalized spacial score (nSPS) is 11.8. The van der Waals surface area contributed by atoms with Gasteiger partial charge in [-0.25, -0.2) is 8.78 Å². The zero-order chi connectivity index (χ0) is 23.9. The number of nitrogens with one attached hydrogen (secondary N) is 1. The number of fused-ring (bicyclic) bond motifs is 1. The van der Waals surface area contributed by atoms with Crippen LogP contribution in [0.2, 0.25) is 0 Å². The molecule has 0 aliphatic carbocycles. The van der Waals surface area contributed by atoms with Crippen LogP contribution in [0.4, 0.5) is 14.5 Å². The fourth-order valence-corrected chi connectivity index (χ4v) is 4.11. The summed E-state index contributed by atoms with van der Waals surface area (Å²) in [6, 6.07) is 16.4. The Morgan fingerprint density at radius 2 is 1.76 bits per heavy atom. The number of amides is 1. The Labute approximate surface area is 189 Å². The lowest BCUT2D eigenvalue weighted by molar-refractivity contribution is 0.0994. The highest BCUT2D eigenvalue weighted by molar-refractivity contribution is 7.90. The standard InChI is InChI=1S/C23H20F2N4O3S/c1-28(2)33(31,32)27-17-8-6-15-11-22(23(26)30)29(21(15)13-17)18-5-3-4-14(10-18)19-9-7-16(24)12-20(19)25/h3-13,27H,1-2H3,(H2,26,30). The third-order valence-electron chi connectivity index (χ3n) is 5.13. The van der Waals surface area contributed by atoms with E-state index in [1.807, 2.05) is 0 Å². The van der Waals surface area contributed by atoms with Crippen molar-refractivity contribution in [2.75, 3.05) is 18.8 Å². The number of hydrogen-bond acceptors (Lipinski definition) is 3. The molecule has 0 aliphatic heterocycles. The van der Waals surface area contributed by atoms with Gasteiger partial charge in [-0.3, -0.25) is 9.52 Å². The number of rotatable bonds is 6. The Morgan fingerprint density at radius 1 is 1.00 bits per heavy atom. The molecule has 0 unspecified atom stereocenters. The molecular weight excluding hydrogens is 450 g/mol. The average Bonchev–Trinajstić information content (AvgIpc) is 3.12. The summed E-state index contributed by atoms with van der Waals surface area (Å²) < 4.78 is 57.2. The number of hydrogen-bond donors (Lipinski definition) is 2. The van der Waals surface area contributed by atoms with Gasteiger partial charge in [-0.1, -0.05) is 18.2 Å². The van der Waals surface area contributed by atoms with E-state index in [0.717, 1.165) is 16.4 Å². The van der Waals surface area contributed by atoms with Crippen LogP contribution in [-0.2, 0) is 10.2 Å². The SMILES string of the molecule is CN(C)S(=O)(=O)Nc1ccc2cc(C(N)=O)n(-c3cccc(-c4ccc(F)cc4F)c3)c2c1. The number of benzene rings is 3. The van der Waals surface area contributed by atoms with Gasteiger partial charge in [0.15, 0.2) is 0 Å². The van der Waals surface area contributed by atoms with Gasteiger partial charge in [0.05, 0.1) is 11.2 Å². The highest BCUT2D eigenvalue weighted by Gasteiger charge is 2.18. The monoisotopic (exact) mass is 470 g/mol. The van der Waals surface area contributed by atoms with Gasteiger partial charge in [0.1, 0.15) is 17.3 Å². The van der Waals surface area contributed by atoms with Crippen LogP contribution in [0.3, 0.4) is 0 Å². The summed E-state index contributed by atoms with van der Waals surface area (Å²) in [6.45, 7) is 0. The summed E-state index contributed by atoms with van der Waals surface area (Å²) in [5.41, 5.74) is 7.71. The second kappa shape index (κ2) is 8.30. The molecule has 10 heteroatoms. The Hall–Kier alpha value is -3.76. The predicted molar refractivity (Wildman–Crippen MR) is 123 cm³/mol. The first-order valence-corrected chi connectivity index (χ1v) is 11.2. The maximum Gasteiger partial charge on any atom is 0.301 e. The van der Waals surface area contributed by atoms with Crippen molar-refractivity contribution in [2.45, 2.75) is 0 Å². The number of nitrogens with two attached hydrogens (primary N) is 1. The number of anilines is 1. The molecule has 0 spiro atoms. The van der Waals surface area contributed by atoms with E-state index in [9.17, 15) is 22.0 Å². The quantitative estimate of drug-likeness (QED) is 0.447. The highest BCUT2D eigenvalue weighted by atomic mass is 32.2. The largest absolute Gasteiger partial charge is 0.364 e. The number of aromatic nitrogens is 1. The van der Waals surface area contributed by atoms with Gasteiger partial charge in [0.2, 0.25) is 0 Å². The summed E-state index contributed by atoms with van der Waals surface area (Å²) in [5.74, 6) is -2.10. The van der Waals surface area contributed by atoms with Crippen molar-refractivity contribution in [3.8, 4) is 16.8 Å². The van der Waals surface area contributed by atoms with E-state index in [2.05, 4.69) is 4.72 Å². The maximum absolute atomic E-state index is 14.4. The number of carbonyl (C=O) groups is 1. The van der Waals surface area contributed by atoms with Crippen molar-refractivity contribution in [1.82, 2.24) is 8.87 Å². The topological polar surface area (TPSA) is 97.4 Å². The molecule has 1 aromatic heterocycles. The van der Waals surface area contributed by atoms with Crippen LogP contribution in [0, 0.1) is 11.6 Å². The molecule has 0 fully saturated rings. The van der Waals surface area contributed by atoms with E-state index in [4.69, 9.17) is 5.73 Å².